The minimum absolute atomic E-state index is 0.250. The zero-order chi connectivity index (χ0) is 16.5. The van der Waals surface area contributed by atoms with Gasteiger partial charge in [-0.25, -0.2) is 0 Å². The Labute approximate surface area is 125 Å². The van der Waals surface area contributed by atoms with Gasteiger partial charge in [0.15, 0.2) is 0 Å². The summed E-state index contributed by atoms with van der Waals surface area (Å²) < 4.78 is 9.58. The molecule has 0 radical (unpaired) electrons. The number of carbonyl (C=O) groups is 4. The first-order chi connectivity index (χ1) is 10.5. The second-order valence-electron chi connectivity index (χ2n) is 4.06. The monoisotopic (exact) mass is 306 g/mol. The fourth-order valence-corrected chi connectivity index (χ4v) is 1.55. The van der Waals surface area contributed by atoms with Crippen LogP contribution >= 0.6 is 0 Å². The van der Waals surface area contributed by atoms with Crippen molar-refractivity contribution in [2.24, 2.45) is 11.5 Å². The second kappa shape index (κ2) is 8.20. The van der Waals surface area contributed by atoms with E-state index in [1.165, 1.54) is 36.8 Å². The van der Waals surface area contributed by atoms with Crippen molar-refractivity contribution in [2.45, 2.75) is 12.2 Å². The Balaban J connectivity index is 0.000000220. The molecule has 2 amide bonds. The Hall–Kier alpha value is -3.16. The fraction of sp³-hybridized carbons (Fsp3) is 0.143. The molecule has 0 aromatic rings. The van der Waals surface area contributed by atoms with E-state index in [1.54, 1.807) is 0 Å². The first-order valence-corrected chi connectivity index (χ1v) is 6.04. The Bertz CT molecular complexity index is 536. The van der Waals surface area contributed by atoms with Gasteiger partial charge in [-0.15, -0.1) is 0 Å². The number of hydrogen-bond acceptors (Lipinski definition) is 6. The molecule has 22 heavy (non-hydrogen) atoms. The lowest BCUT2D eigenvalue weighted by Crippen LogP contribution is -2.33. The molecular formula is C14H14N2O6. The molecule has 2 rings (SSSR count). The summed E-state index contributed by atoms with van der Waals surface area (Å²) in [5.74, 6) is -1.32. The lowest BCUT2D eigenvalue weighted by Gasteiger charge is -2.14. The van der Waals surface area contributed by atoms with Crippen molar-refractivity contribution < 1.29 is 28.7 Å². The summed E-state index contributed by atoms with van der Waals surface area (Å²) in [5.41, 5.74) is 10.4. The molecule has 0 spiro atoms. The number of carbonyl (C=O) groups excluding carboxylic acids is 4. The highest BCUT2D eigenvalue weighted by atomic mass is 16.5. The molecule has 0 bridgehead atoms. The van der Waals surface area contributed by atoms with Gasteiger partial charge in [-0.3, -0.25) is 19.2 Å². The van der Waals surface area contributed by atoms with Crippen LogP contribution in [0.5, 0.6) is 0 Å². The van der Waals surface area contributed by atoms with Crippen LogP contribution in [0.1, 0.15) is 0 Å². The molecule has 0 aromatic heterocycles. The minimum Gasteiger partial charge on any atom is -0.483 e. The molecule has 0 fully saturated rings. The Morgan fingerprint density at radius 3 is 1.45 bits per heavy atom. The fourth-order valence-electron chi connectivity index (χ4n) is 1.55. The molecular weight excluding hydrogens is 292 g/mol. The van der Waals surface area contributed by atoms with Crippen molar-refractivity contribution >= 4 is 24.4 Å². The zero-order valence-electron chi connectivity index (χ0n) is 11.4. The van der Waals surface area contributed by atoms with Crippen LogP contribution in [0.3, 0.4) is 0 Å². The maximum atomic E-state index is 10.6. The van der Waals surface area contributed by atoms with Crippen molar-refractivity contribution in [3.63, 3.8) is 0 Å². The topological polar surface area (TPSA) is 139 Å². The van der Waals surface area contributed by atoms with Crippen LogP contribution in [-0.4, -0.2) is 36.6 Å². The quantitative estimate of drug-likeness (QED) is 0.640. The highest BCUT2D eigenvalue weighted by Crippen LogP contribution is 2.10. The van der Waals surface area contributed by atoms with Crippen molar-refractivity contribution in [2.75, 3.05) is 0 Å². The molecule has 0 saturated carbocycles. The SMILES string of the molecule is NC(=O)C1OC=CC=C1C=O.NC(=O)C1OC=CC=C1C=O. The van der Waals surface area contributed by atoms with Crippen molar-refractivity contribution in [1.82, 2.24) is 0 Å². The molecule has 2 aliphatic heterocycles. The van der Waals surface area contributed by atoms with Gasteiger partial charge in [0.05, 0.1) is 12.5 Å². The van der Waals surface area contributed by atoms with E-state index >= 15 is 0 Å². The molecule has 2 heterocycles. The van der Waals surface area contributed by atoms with Gasteiger partial charge in [0.25, 0.3) is 11.8 Å². The number of hydrogen-bond donors (Lipinski definition) is 2. The summed E-state index contributed by atoms with van der Waals surface area (Å²) in [4.78, 5) is 41.7. The predicted octanol–water partition coefficient (Wildman–Crippen LogP) is -0.981. The van der Waals surface area contributed by atoms with Crippen LogP contribution in [0, 0.1) is 0 Å². The first kappa shape index (κ1) is 16.9. The summed E-state index contributed by atoms with van der Waals surface area (Å²) in [6.45, 7) is 0. The van der Waals surface area contributed by atoms with E-state index < -0.39 is 24.0 Å². The van der Waals surface area contributed by atoms with Gasteiger partial charge in [0, 0.05) is 11.1 Å². The second-order valence-corrected chi connectivity index (χ2v) is 4.06. The highest BCUT2D eigenvalue weighted by molar-refractivity contribution is 5.92. The number of ether oxygens (including phenoxy) is 2. The number of rotatable bonds is 4. The van der Waals surface area contributed by atoms with Crippen LogP contribution < -0.4 is 11.5 Å². The molecule has 8 nitrogen and oxygen atoms in total. The number of nitrogens with two attached hydrogens (primary N) is 2. The Morgan fingerprint density at radius 1 is 0.864 bits per heavy atom. The largest absolute Gasteiger partial charge is 0.483 e. The predicted molar refractivity (Wildman–Crippen MR) is 74.7 cm³/mol. The third-order valence-corrected chi connectivity index (χ3v) is 2.56. The maximum absolute atomic E-state index is 10.6. The molecule has 0 saturated heterocycles. The minimum atomic E-state index is -0.919. The summed E-state index contributed by atoms with van der Waals surface area (Å²) in [7, 11) is 0. The van der Waals surface area contributed by atoms with Gasteiger partial charge in [-0.1, -0.05) is 0 Å². The molecule has 116 valence electrons. The molecule has 0 aromatic carbocycles. The number of amides is 2. The average Bonchev–Trinajstić information content (AvgIpc) is 2.55. The third-order valence-electron chi connectivity index (χ3n) is 2.56. The van der Waals surface area contributed by atoms with E-state index in [9.17, 15) is 19.2 Å². The van der Waals surface area contributed by atoms with E-state index in [-0.39, 0.29) is 11.1 Å². The number of primary amides is 2. The summed E-state index contributed by atoms with van der Waals surface area (Å²) in [6, 6.07) is 0. The first-order valence-electron chi connectivity index (χ1n) is 6.04. The van der Waals surface area contributed by atoms with E-state index in [2.05, 4.69) is 0 Å². The molecule has 8 heteroatoms. The summed E-state index contributed by atoms with van der Waals surface area (Å²) >= 11 is 0. The van der Waals surface area contributed by atoms with Crippen LogP contribution in [-0.2, 0) is 28.7 Å². The summed E-state index contributed by atoms with van der Waals surface area (Å²) in [6.07, 6.45) is 7.96. The maximum Gasteiger partial charge on any atom is 0.263 e. The Kier molecular flexibility index (Phi) is 6.30. The molecule has 2 aliphatic rings. The third kappa shape index (κ3) is 4.44. The highest BCUT2D eigenvalue weighted by Gasteiger charge is 2.22. The average molecular weight is 306 g/mol. The van der Waals surface area contributed by atoms with Crippen LogP contribution in [0.25, 0.3) is 0 Å². The number of aldehydes is 2. The van der Waals surface area contributed by atoms with Crippen molar-refractivity contribution in [1.29, 1.82) is 0 Å². The van der Waals surface area contributed by atoms with E-state index in [1.807, 2.05) is 0 Å². The van der Waals surface area contributed by atoms with Crippen molar-refractivity contribution in [3.05, 3.63) is 48.0 Å². The van der Waals surface area contributed by atoms with Crippen molar-refractivity contribution in [3.8, 4) is 0 Å². The molecule has 0 aliphatic carbocycles. The van der Waals surface area contributed by atoms with Crippen LogP contribution in [0.15, 0.2) is 48.0 Å². The van der Waals surface area contributed by atoms with Gasteiger partial charge in [0.2, 0.25) is 12.2 Å². The van der Waals surface area contributed by atoms with Crippen LogP contribution in [0.2, 0.25) is 0 Å². The molecule has 2 unspecified atom stereocenters. The zero-order valence-corrected chi connectivity index (χ0v) is 11.4. The van der Waals surface area contributed by atoms with E-state index in [0.29, 0.717) is 12.6 Å². The van der Waals surface area contributed by atoms with Gasteiger partial charge in [-0.05, 0) is 24.3 Å². The normalized spacial score (nSPS) is 21.8. The number of allylic oxidation sites excluding steroid dienone is 4. The smallest absolute Gasteiger partial charge is 0.263 e. The van der Waals surface area contributed by atoms with E-state index in [4.69, 9.17) is 20.9 Å². The lowest BCUT2D eigenvalue weighted by atomic mass is 10.1. The molecule has 4 N–H and O–H groups in total. The van der Waals surface area contributed by atoms with Gasteiger partial charge in [-0.2, -0.15) is 0 Å². The van der Waals surface area contributed by atoms with Gasteiger partial charge in [0.1, 0.15) is 12.6 Å². The lowest BCUT2D eigenvalue weighted by molar-refractivity contribution is -0.126. The van der Waals surface area contributed by atoms with Crippen LogP contribution in [0.4, 0.5) is 0 Å². The standard InChI is InChI=1S/2C7H7NO3/c2*8-7(10)6-5(4-9)2-1-3-11-6/h2*1-4,6H,(H2,8,10). The van der Waals surface area contributed by atoms with E-state index in [0.717, 1.165) is 0 Å². The Morgan fingerprint density at radius 2 is 1.23 bits per heavy atom. The molecule has 2 atom stereocenters. The van der Waals surface area contributed by atoms with Gasteiger partial charge >= 0.3 is 0 Å². The van der Waals surface area contributed by atoms with Gasteiger partial charge < -0.3 is 20.9 Å². The summed E-state index contributed by atoms with van der Waals surface area (Å²) in [5, 5.41) is 0.